The standard InChI is InChI=1S/C67H117N21O24/c1-7-33(4)53(87-65(110)45(31-51(98)99)84-58(103)37(17-9-13-25-69)77-59(104)40(20-22-49(94)95)80-60(105)41(21-23-50(96)97)79-56(101)36(76-35(6)90)16-8-12-24-68)67(112)85-43(29-47(73)92)63(108)82-42(28-46(72)91)62(107)83-44(30-48(74)93)64(109)86-52(32(2)3)66(111)81-38(18-10-14-26-70)57(102)78-39(19-11-15-27-71)61(106)88-54(34(5)89)55(75)100/h32-34,36-45,52-54,89H,7-31,68-71H2,1-6H3,(H2,72,91)(H2,73,92)(H2,74,93)(H2,75,100)(H,76,90)(H,77,104)(H,78,102)(H,79,101)(H,80,105)(H,81,111)(H,82,108)(H,83,107)(H,84,103)(H,85,112)(H,86,109)(H,87,110)(H,88,106)(H,94,95)(H,96,97)(H,98,99)/t33-,34+,36-,37-,38-,39-,40-,41-,42-,43-,44-,45-,52-,53-,54-/m0/s1. The number of hydrogen-bond donors (Lipinski definition) is 25. The van der Waals surface area contributed by atoms with Crippen LogP contribution in [0.2, 0.25) is 0 Å². The molecule has 33 N–H and O–H groups in total. The van der Waals surface area contributed by atoms with E-state index in [4.69, 9.17) is 45.9 Å². The maximum atomic E-state index is 14.4. The topological polar surface area (TPSA) is 787 Å². The molecule has 112 heavy (non-hydrogen) atoms. The summed E-state index contributed by atoms with van der Waals surface area (Å²) in [6, 6.07) is -22.8. The number of aliphatic carboxylic acids is 3. The number of amides is 17. The largest absolute Gasteiger partial charge is 0.481 e. The summed E-state index contributed by atoms with van der Waals surface area (Å²) in [5.74, 6) is -26.4. The lowest BCUT2D eigenvalue weighted by molar-refractivity contribution is -0.142. The van der Waals surface area contributed by atoms with Crippen LogP contribution in [-0.4, -0.2) is 250 Å². The molecule has 0 saturated carbocycles. The number of unbranched alkanes of at least 4 members (excludes halogenated alkanes) is 4. The van der Waals surface area contributed by atoms with Crippen LogP contribution in [0.5, 0.6) is 0 Å². The Kier molecular flexibility index (Phi) is 48.7. The zero-order valence-corrected chi connectivity index (χ0v) is 64.0. The van der Waals surface area contributed by atoms with E-state index in [0.29, 0.717) is 25.7 Å². The van der Waals surface area contributed by atoms with Gasteiger partial charge < -0.3 is 135 Å². The van der Waals surface area contributed by atoms with Gasteiger partial charge in [0.2, 0.25) is 100 Å². The van der Waals surface area contributed by atoms with Crippen LogP contribution in [0.3, 0.4) is 0 Å². The molecule has 0 bridgehead atoms. The first-order valence-electron chi connectivity index (χ1n) is 36.7. The first kappa shape index (κ1) is 101. The highest BCUT2D eigenvalue weighted by molar-refractivity contribution is 6.02. The van der Waals surface area contributed by atoms with Gasteiger partial charge in [-0.3, -0.25) is 95.9 Å². The molecular weight excluding hydrogens is 1480 g/mol. The number of rotatable bonds is 60. The molecule has 0 radical (unpaired) electrons. The molecule has 45 nitrogen and oxygen atoms in total. The Labute approximate surface area is 646 Å². The monoisotopic (exact) mass is 1600 g/mol. The molecule has 0 heterocycles. The summed E-state index contributed by atoms with van der Waals surface area (Å²) in [6.07, 6.45) is -6.86. The summed E-state index contributed by atoms with van der Waals surface area (Å²) in [5, 5.41) is 69.3. The van der Waals surface area contributed by atoms with Gasteiger partial charge in [0.15, 0.2) is 0 Å². The molecule has 0 aliphatic heterocycles. The van der Waals surface area contributed by atoms with Gasteiger partial charge in [0, 0.05) is 19.8 Å². The fourth-order valence-electron chi connectivity index (χ4n) is 10.8. The van der Waals surface area contributed by atoms with Gasteiger partial charge in [-0.1, -0.05) is 34.1 Å². The van der Waals surface area contributed by atoms with Gasteiger partial charge in [0.05, 0.1) is 31.8 Å². The maximum absolute atomic E-state index is 14.4. The molecule has 0 spiro atoms. The SMILES string of the molecule is CC[C@H](C)[C@H](NC(=O)[C@H](CC(=O)O)NC(=O)[C@H](CCCCN)NC(=O)[C@H](CCC(=O)O)NC(=O)[C@H](CCC(=O)O)NC(=O)[C@H](CCCCN)NC(C)=O)C(=O)N[C@@H](CC(N)=O)C(=O)N[C@@H](CC(N)=O)C(=O)N[C@@H](CC(N)=O)C(=O)N[C@H](C(=O)N[C@@H](CCCCN)C(=O)N[C@@H](CCCCN)C(=O)N[C@H](C(N)=O)[C@@H](C)O)C(C)C. The van der Waals surface area contributed by atoms with E-state index in [1.807, 2.05) is 0 Å². The molecule has 0 unspecified atom stereocenters. The summed E-state index contributed by atoms with van der Waals surface area (Å²) in [4.78, 5) is 266. The van der Waals surface area contributed by atoms with Gasteiger partial charge in [0.1, 0.15) is 78.5 Å². The van der Waals surface area contributed by atoms with E-state index in [2.05, 4.69) is 69.1 Å². The Morgan fingerprint density at radius 3 is 0.804 bits per heavy atom. The van der Waals surface area contributed by atoms with Crippen LogP contribution in [0.4, 0.5) is 0 Å². The molecular formula is C67H117N21O24. The number of carboxylic acid groups (broad SMARTS) is 3. The van der Waals surface area contributed by atoms with Crippen LogP contribution < -0.4 is 115 Å². The van der Waals surface area contributed by atoms with Crippen molar-refractivity contribution in [3.63, 3.8) is 0 Å². The predicted molar refractivity (Wildman–Crippen MR) is 395 cm³/mol. The summed E-state index contributed by atoms with van der Waals surface area (Å²) >= 11 is 0. The number of primary amides is 4. The second-order valence-corrected chi connectivity index (χ2v) is 27.1. The number of carbonyl (C=O) groups excluding carboxylic acids is 17. The van der Waals surface area contributed by atoms with Gasteiger partial charge in [-0.2, -0.15) is 0 Å². The van der Waals surface area contributed by atoms with Crippen LogP contribution in [0.1, 0.15) is 176 Å². The number of aliphatic hydroxyl groups is 1. The van der Waals surface area contributed by atoms with Crippen molar-refractivity contribution in [3.8, 4) is 0 Å². The van der Waals surface area contributed by atoms with Crippen molar-refractivity contribution in [2.45, 2.75) is 261 Å². The number of hydrogen-bond acceptors (Lipinski definition) is 25. The highest BCUT2D eigenvalue weighted by Gasteiger charge is 2.40. The van der Waals surface area contributed by atoms with Crippen LogP contribution >= 0.6 is 0 Å². The third-order valence-electron chi connectivity index (χ3n) is 17.2. The van der Waals surface area contributed by atoms with Gasteiger partial charge in [-0.15, -0.1) is 0 Å². The van der Waals surface area contributed by atoms with Crippen molar-refractivity contribution in [3.05, 3.63) is 0 Å². The third-order valence-corrected chi connectivity index (χ3v) is 17.2. The molecule has 0 aliphatic rings. The van der Waals surface area contributed by atoms with E-state index in [0.717, 1.165) is 6.92 Å². The first-order chi connectivity index (χ1) is 52.5. The van der Waals surface area contributed by atoms with Crippen LogP contribution in [0.15, 0.2) is 0 Å². The van der Waals surface area contributed by atoms with Gasteiger partial charge in [-0.05, 0) is 135 Å². The second-order valence-electron chi connectivity index (χ2n) is 27.1. The molecule has 15 atom stereocenters. The zero-order valence-electron chi connectivity index (χ0n) is 64.0. The summed E-state index contributed by atoms with van der Waals surface area (Å²) in [7, 11) is 0. The minimum Gasteiger partial charge on any atom is -0.481 e. The van der Waals surface area contributed by atoms with Crippen LogP contribution in [0.25, 0.3) is 0 Å². The maximum Gasteiger partial charge on any atom is 0.305 e. The number of carbonyl (C=O) groups is 20. The molecule has 0 rings (SSSR count). The molecule has 0 fully saturated rings. The van der Waals surface area contributed by atoms with Gasteiger partial charge >= 0.3 is 17.9 Å². The van der Waals surface area contributed by atoms with Crippen molar-refractivity contribution >= 4 is 118 Å². The highest BCUT2D eigenvalue weighted by Crippen LogP contribution is 2.15. The quantitative estimate of drug-likeness (QED) is 0.0251. The van der Waals surface area contributed by atoms with Crippen molar-refractivity contribution in [1.82, 2.24) is 69.1 Å². The van der Waals surface area contributed by atoms with E-state index in [1.165, 1.54) is 34.6 Å². The molecule has 634 valence electrons. The summed E-state index contributed by atoms with van der Waals surface area (Å²) in [5.41, 5.74) is 44.4. The normalized spacial score (nSPS) is 15.1. The number of nitrogens with one attached hydrogen (secondary N) is 13. The Bertz CT molecular complexity index is 3240. The minimum atomic E-state index is -2.15. The molecule has 0 aromatic heterocycles. The lowest BCUT2D eigenvalue weighted by Gasteiger charge is -2.29. The Hall–Kier alpha value is -10.8. The van der Waals surface area contributed by atoms with E-state index in [-0.39, 0.29) is 84.0 Å². The Morgan fingerprint density at radius 1 is 0.295 bits per heavy atom. The highest BCUT2D eigenvalue weighted by atomic mass is 16.4. The number of nitrogens with two attached hydrogens (primary N) is 8. The molecule has 45 heteroatoms. The molecule has 0 aromatic rings. The fraction of sp³-hybridized carbons (Fsp3) is 0.701. The van der Waals surface area contributed by atoms with Crippen LogP contribution in [-0.2, 0) is 95.9 Å². The van der Waals surface area contributed by atoms with E-state index in [9.17, 15) is 116 Å². The van der Waals surface area contributed by atoms with Crippen molar-refractivity contribution in [1.29, 1.82) is 0 Å². The lowest BCUT2D eigenvalue weighted by Crippen LogP contribution is -2.62. The zero-order chi connectivity index (χ0) is 85.7. The van der Waals surface area contributed by atoms with Crippen LogP contribution in [0, 0.1) is 11.8 Å². The third kappa shape index (κ3) is 40.8. The Balaban J connectivity index is 7.25. The Morgan fingerprint density at radius 2 is 0.536 bits per heavy atom. The summed E-state index contributed by atoms with van der Waals surface area (Å²) in [6.45, 7) is 8.74. The molecule has 0 saturated heterocycles. The molecule has 0 aliphatic carbocycles. The van der Waals surface area contributed by atoms with Crippen molar-refractivity contribution < 1.29 is 116 Å². The average Bonchev–Trinajstić information content (AvgIpc) is 0.842. The number of carboxylic acids is 3. The first-order valence-corrected chi connectivity index (χ1v) is 36.7. The van der Waals surface area contributed by atoms with Crippen molar-refractivity contribution in [2.24, 2.45) is 57.7 Å². The van der Waals surface area contributed by atoms with Gasteiger partial charge in [0.25, 0.3) is 0 Å². The number of aliphatic hydroxyl groups excluding tert-OH is 1. The smallest absolute Gasteiger partial charge is 0.305 e. The summed E-state index contributed by atoms with van der Waals surface area (Å²) < 4.78 is 0. The van der Waals surface area contributed by atoms with E-state index < -0.39 is 266 Å². The van der Waals surface area contributed by atoms with Gasteiger partial charge in [-0.25, -0.2) is 0 Å². The minimum absolute atomic E-state index is 0.0125. The van der Waals surface area contributed by atoms with E-state index in [1.54, 1.807) is 0 Å². The molecule has 0 aromatic carbocycles. The predicted octanol–water partition coefficient (Wildman–Crippen LogP) is -9.78. The fourth-order valence-corrected chi connectivity index (χ4v) is 10.8. The average molecular weight is 1600 g/mol. The molecule has 17 amide bonds. The van der Waals surface area contributed by atoms with Crippen molar-refractivity contribution in [2.75, 3.05) is 26.2 Å². The van der Waals surface area contributed by atoms with E-state index >= 15 is 0 Å². The second kappa shape index (κ2) is 53.9. The lowest BCUT2D eigenvalue weighted by atomic mass is 9.97.